The monoisotopic (exact) mass is 467 g/mol. The Morgan fingerprint density at radius 3 is 2.86 bits per heavy atom. The summed E-state index contributed by atoms with van der Waals surface area (Å²) < 4.78 is 7.32. The fourth-order valence-corrected chi connectivity index (χ4v) is 4.36. The molecule has 6 rings (SSSR count). The van der Waals surface area contributed by atoms with E-state index in [2.05, 4.69) is 25.8 Å². The van der Waals surface area contributed by atoms with Crippen LogP contribution < -0.4 is 10.6 Å². The second-order valence-electron chi connectivity index (χ2n) is 8.72. The molecule has 9 heteroatoms. The summed E-state index contributed by atoms with van der Waals surface area (Å²) in [5.74, 6) is 0.651. The number of nitrogens with one attached hydrogen (secondary N) is 3. The Hall–Kier alpha value is -4.24. The molecule has 0 radical (unpaired) electrons. The van der Waals surface area contributed by atoms with Crippen LogP contribution in [0, 0.1) is 0 Å². The number of carbonyl (C=O) groups excluding carboxylic acids is 1. The average molecular weight is 468 g/mol. The SMILES string of the molecule is O=C(NC1CCOCC1)c1ccc(CNc2nc(-c3ccc4cn[nH]c4c3)cn3ccnc23)cc1. The maximum Gasteiger partial charge on any atom is 0.251 e. The minimum Gasteiger partial charge on any atom is -0.381 e. The summed E-state index contributed by atoms with van der Waals surface area (Å²) in [4.78, 5) is 21.9. The molecule has 0 bridgehead atoms. The first kappa shape index (κ1) is 21.3. The maximum atomic E-state index is 12.6. The number of nitrogens with zero attached hydrogens (tertiary/aromatic N) is 4. The molecule has 1 fully saturated rings. The van der Waals surface area contributed by atoms with Gasteiger partial charge in [0.15, 0.2) is 11.5 Å². The lowest BCUT2D eigenvalue weighted by molar-refractivity contribution is 0.0696. The number of aromatic amines is 1. The first-order valence-corrected chi connectivity index (χ1v) is 11.7. The molecule has 0 spiro atoms. The van der Waals surface area contributed by atoms with E-state index in [1.807, 2.05) is 59.3 Å². The molecule has 1 aliphatic heterocycles. The van der Waals surface area contributed by atoms with Crippen LogP contribution in [0.3, 0.4) is 0 Å². The molecule has 9 nitrogen and oxygen atoms in total. The van der Waals surface area contributed by atoms with Gasteiger partial charge in [-0.05, 0) is 36.6 Å². The van der Waals surface area contributed by atoms with E-state index in [4.69, 9.17) is 9.72 Å². The molecule has 176 valence electrons. The van der Waals surface area contributed by atoms with Crippen molar-refractivity contribution in [3.63, 3.8) is 0 Å². The molecule has 3 N–H and O–H groups in total. The summed E-state index contributed by atoms with van der Waals surface area (Å²) >= 11 is 0. The molecule has 0 saturated carbocycles. The maximum absolute atomic E-state index is 12.6. The molecule has 5 aromatic rings. The second kappa shape index (κ2) is 9.19. The highest BCUT2D eigenvalue weighted by molar-refractivity contribution is 5.94. The van der Waals surface area contributed by atoms with Gasteiger partial charge in [0.05, 0.1) is 17.4 Å². The van der Waals surface area contributed by atoms with E-state index in [1.54, 1.807) is 12.4 Å². The number of hydrogen-bond donors (Lipinski definition) is 3. The van der Waals surface area contributed by atoms with Gasteiger partial charge < -0.3 is 19.8 Å². The van der Waals surface area contributed by atoms with Crippen LogP contribution in [0.2, 0.25) is 0 Å². The van der Waals surface area contributed by atoms with Crippen molar-refractivity contribution in [2.24, 2.45) is 0 Å². The largest absolute Gasteiger partial charge is 0.381 e. The number of hydrogen-bond acceptors (Lipinski definition) is 6. The number of carbonyl (C=O) groups is 1. The van der Waals surface area contributed by atoms with Crippen molar-refractivity contribution in [2.45, 2.75) is 25.4 Å². The quantitative estimate of drug-likeness (QED) is 0.351. The summed E-state index contributed by atoms with van der Waals surface area (Å²) in [5.41, 5.74) is 5.23. The van der Waals surface area contributed by atoms with Crippen LogP contribution in [0.4, 0.5) is 5.82 Å². The smallest absolute Gasteiger partial charge is 0.251 e. The van der Waals surface area contributed by atoms with Crippen molar-refractivity contribution in [1.29, 1.82) is 0 Å². The summed E-state index contributed by atoms with van der Waals surface area (Å²) in [6, 6.07) is 13.9. The van der Waals surface area contributed by atoms with Crippen LogP contribution in [0.1, 0.15) is 28.8 Å². The molecule has 0 unspecified atom stereocenters. The zero-order valence-electron chi connectivity index (χ0n) is 19.1. The summed E-state index contributed by atoms with van der Waals surface area (Å²) in [6.45, 7) is 1.96. The van der Waals surface area contributed by atoms with Crippen molar-refractivity contribution in [3.05, 3.63) is 78.4 Å². The second-order valence-corrected chi connectivity index (χ2v) is 8.72. The molecule has 3 aromatic heterocycles. The van der Waals surface area contributed by atoms with Gasteiger partial charge in [0.25, 0.3) is 5.91 Å². The number of ether oxygens (including phenoxy) is 1. The fourth-order valence-electron chi connectivity index (χ4n) is 4.36. The minimum absolute atomic E-state index is 0.0425. The molecule has 35 heavy (non-hydrogen) atoms. The van der Waals surface area contributed by atoms with Crippen LogP contribution in [-0.2, 0) is 11.3 Å². The van der Waals surface area contributed by atoms with E-state index in [-0.39, 0.29) is 11.9 Å². The van der Waals surface area contributed by atoms with Gasteiger partial charge in [0, 0.05) is 60.9 Å². The average Bonchev–Trinajstić information content (AvgIpc) is 3.57. The van der Waals surface area contributed by atoms with Gasteiger partial charge in [0.1, 0.15) is 0 Å². The molecule has 1 amide bonds. The number of rotatable bonds is 6. The predicted molar refractivity (Wildman–Crippen MR) is 133 cm³/mol. The van der Waals surface area contributed by atoms with Crippen molar-refractivity contribution in [2.75, 3.05) is 18.5 Å². The number of anilines is 1. The van der Waals surface area contributed by atoms with Gasteiger partial charge in [-0.1, -0.05) is 24.3 Å². The van der Waals surface area contributed by atoms with Crippen LogP contribution in [0.5, 0.6) is 0 Å². The third-order valence-electron chi connectivity index (χ3n) is 6.34. The number of fused-ring (bicyclic) bond motifs is 2. The number of amides is 1. The molecule has 1 saturated heterocycles. The third-order valence-corrected chi connectivity index (χ3v) is 6.34. The normalized spacial score (nSPS) is 14.4. The van der Waals surface area contributed by atoms with E-state index in [0.717, 1.165) is 46.2 Å². The number of aromatic nitrogens is 5. The van der Waals surface area contributed by atoms with E-state index >= 15 is 0 Å². The lowest BCUT2D eigenvalue weighted by atomic mass is 10.1. The van der Waals surface area contributed by atoms with Gasteiger partial charge in [-0.3, -0.25) is 9.89 Å². The molecule has 0 atom stereocenters. The minimum atomic E-state index is -0.0425. The first-order valence-electron chi connectivity index (χ1n) is 11.7. The van der Waals surface area contributed by atoms with E-state index in [0.29, 0.717) is 31.1 Å². The van der Waals surface area contributed by atoms with Crippen LogP contribution in [0.25, 0.3) is 27.8 Å². The number of H-pyrrole nitrogens is 1. The molecule has 1 aliphatic rings. The zero-order valence-corrected chi connectivity index (χ0v) is 19.1. The predicted octanol–water partition coefficient (Wildman–Crippen LogP) is 3.79. The van der Waals surface area contributed by atoms with E-state index < -0.39 is 0 Å². The van der Waals surface area contributed by atoms with Crippen molar-refractivity contribution in [3.8, 4) is 11.3 Å². The standard InChI is InChI=1S/C26H25N7O2/c34-26(30-21-7-11-35-12-8-21)18-3-1-17(2-4-18)14-28-24-25-27-9-10-33(25)16-23(31-24)19-5-6-20-15-29-32-22(20)13-19/h1-6,9-10,13,15-16,21H,7-8,11-12,14H2,(H,28,31)(H,29,32)(H,30,34). The lowest BCUT2D eigenvalue weighted by Gasteiger charge is -2.23. The van der Waals surface area contributed by atoms with Gasteiger partial charge in [0.2, 0.25) is 0 Å². The highest BCUT2D eigenvalue weighted by Crippen LogP contribution is 2.25. The Balaban J connectivity index is 1.18. The molecule has 0 aliphatic carbocycles. The van der Waals surface area contributed by atoms with Gasteiger partial charge >= 0.3 is 0 Å². The van der Waals surface area contributed by atoms with Gasteiger partial charge in [-0.25, -0.2) is 9.97 Å². The highest BCUT2D eigenvalue weighted by Gasteiger charge is 2.17. The van der Waals surface area contributed by atoms with Crippen molar-refractivity contribution in [1.82, 2.24) is 29.9 Å². The molecular formula is C26H25N7O2. The summed E-state index contributed by atoms with van der Waals surface area (Å²) in [7, 11) is 0. The molecule has 2 aromatic carbocycles. The van der Waals surface area contributed by atoms with Gasteiger partial charge in [-0.2, -0.15) is 5.10 Å². The zero-order chi connectivity index (χ0) is 23.6. The third kappa shape index (κ3) is 4.45. The summed E-state index contributed by atoms with van der Waals surface area (Å²) in [5, 5.41) is 14.7. The molecular weight excluding hydrogens is 442 g/mol. The number of imidazole rings is 1. The van der Waals surface area contributed by atoms with Gasteiger partial charge in [-0.15, -0.1) is 0 Å². The Morgan fingerprint density at radius 2 is 2.00 bits per heavy atom. The van der Waals surface area contributed by atoms with Crippen LogP contribution in [-0.4, -0.2) is 49.7 Å². The fraction of sp³-hybridized carbons (Fsp3) is 0.231. The van der Waals surface area contributed by atoms with Crippen LogP contribution >= 0.6 is 0 Å². The number of benzene rings is 2. The highest BCUT2D eigenvalue weighted by atomic mass is 16.5. The molecule has 4 heterocycles. The Labute approximate surface area is 201 Å². The van der Waals surface area contributed by atoms with Crippen LogP contribution in [0.15, 0.2) is 67.3 Å². The van der Waals surface area contributed by atoms with Crippen molar-refractivity contribution >= 4 is 28.3 Å². The first-order chi connectivity index (χ1) is 17.2. The Kier molecular flexibility index (Phi) is 5.59. The van der Waals surface area contributed by atoms with Crippen molar-refractivity contribution < 1.29 is 9.53 Å². The van der Waals surface area contributed by atoms with E-state index in [1.165, 1.54) is 0 Å². The Morgan fingerprint density at radius 1 is 1.14 bits per heavy atom. The van der Waals surface area contributed by atoms with E-state index in [9.17, 15) is 4.79 Å². The lowest BCUT2D eigenvalue weighted by Crippen LogP contribution is -2.38. The topological polar surface area (TPSA) is 109 Å². The summed E-state index contributed by atoms with van der Waals surface area (Å²) in [6.07, 6.45) is 9.16. The Bertz CT molecular complexity index is 1480.